The minimum atomic E-state index is -0.438. The summed E-state index contributed by atoms with van der Waals surface area (Å²) in [6.45, 7) is 1.64. The first kappa shape index (κ1) is 18.6. The summed E-state index contributed by atoms with van der Waals surface area (Å²) in [6.07, 6.45) is 2.98. The molecule has 3 aromatic rings. The first-order chi connectivity index (χ1) is 13.5. The van der Waals surface area contributed by atoms with Crippen LogP contribution in [0.4, 0.5) is 0 Å². The monoisotopic (exact) mass is 397 g/mol. The molecule has 1 amide bonds. The van der Waals surface area contributed by atoms with Gasteiger partial charge in [0.15, 0.2) is 6.61 Å². The van der Waals surface area contributed by atoms with Gasteiger partial charge in [-0.25, -0.2) is 4.79 Å². The lowest BCUT2D eigenvalue weighted by molar-refractivity contribution is -0.123. The number of carbonyl (C=O) groups is 1. The van der Waals surface area contributed by atoms with Crippen molar-refractivity contribution in [2.75, 3.05) is 6.61 Å². The molecule has 1 heterocycles. The van der Waals surface area contributed by atoms with Crippen LogP contribution < -0.4 is 15.7 Å². The summed E-state index contributed by atoms with van der Waals surface area (Å²) in [5, 5.41) is 4.14. The number of aryl methyl sites for hydroxylation is 2. The molecule has 144 valence electrons. The van der Waals surface area contributed by atoms with Crippen molar-refractivity contribution in [2.24, 2.45) is 0 Å². The van der Waals surface area contributed by atoms with Crippen molar-refractivity contribution < 1.29 is 13.9 Å². The molecule has 0 radical (unpaired) electrons. The van der Waals surface area contributed by atoms with E-state index in [9.17, 15) is 9.59 Å². The van der Waals surface area contributed by atoms with Crippen LogP contribution in [0.2, 0.25) is 5.02 Å². The van der Waals surface area contributed by atoms with E-state index in [4.69, 9.17) is 20.8 Å². The lowest BCUT2D eigenvalue weighted by Crippen LogP contribution is -2.34. The molecule has 1 N–H and O–H groups in total. The summed E-state index contributed by atoms with van der Waals surface area (Å²) in [6, 6.07) is 12.8. The van der Waals surface area contributed by atoms with Gasteiger partial charge in [-0.15, -0.1) is 0 Å². The molecule has 4 rings (SSSR count). The van der Waals surface area contributed by atoms with Gasteiger partial charge in [0.25, 0.3) is 5.91 Å². The van der Waals surface area contributed by atoms with Gasteiger partial charge in [-0.2, -0.15) is 0 Å². The Morgan fingerprint density at radius 1 is 1.29 bits per heavy atom. The van der Waals surface area contributed by atoms with Gasteiger partial charge in [0.05, 0.1) is 11.1 Å². The second-order valence-electron chi connectivity index (χ2n) is 7.03. The number of hydrogen-bond donors (Lipinski definition) is 1. The van der Waals surface area contributed by atoms with Gasteiger partial charge in [0.1, 0.15) is 11.3 Å². The molecule has 0 bridgehead atoms. The van der Waals surface area contributed by atoms with Crippen molar-refractivity contribution in [2.45, 2.75) is 32.2 Å². The van der Waals surface area contributed by atoms with E-state index in [-0.39, 0.29) is 18.6 Å². The number of benzene rings is 2. The Balaban J connectivity index is 1.47. The summed E-state index contributed by atoms with van der Waals surface area (Å²) >= 11 is 6.28. The second-order valence-corrected chi connectivity index (χ2v) is 7.43. The molecule has 0 spiro atoms. The Hall–Kier alpha value is -2.79. The molecule has 28 heavy (non-hydrogen) atoms. The number of carbonyl (C=O) groups excluding carboxylic acids is 1. The summed E-state index contributed by atoms with van der Waals surface area (Å²) in [5.41, 5.74) is 3.16. The summed E-state index contributed by atoms with van der Waals surface area (Å²) in [7, 11) is 0. The van der Waals surface area contributed by atoms with Crippen LogP contribution >= 0.6 is 11.6 Å². The highest BCUT2D eigenvalue weighted by Gasteiger charge is 2.21. The van der Waals surface area contributed by atoms with Gasteiger partial charge < -0.3 is 14.5 Å². The summed E-state index contributed by atoms with van der Waals surface area (Å²) < 4.78 is 10.8. The minimum absolute atomic E-state index is 0.00574. The summed E-state index contributed by atoms with van der Waals surface area (Å²) in [5.74, 6) is 0.0886. The molecule has 0 aliphatic heterocycles. The second kappa shape index (κ2) is 7.68. The van der Waals surface area contributed by atoms with Crippen LogP contribution in [-0.2, 0) is 11.2 Å². The normalized spacial score (nSPS) is 15.9. The minimum Gasteiger partial charge on any atom is -0.482 e. The predicted molar refractivity (Wildman–Crippen MR) is 108 cm³/mol. The van der Waals surface area contributed by atoms with Crippen LogP contribution in [0.15, 0.2) is 51.7 Å². The van der Waals surface area contributed by atoms with Crippen LogP contribution in [0, 0.1) is 6.92 Å². The molecule has 1 atom stereocenters. The molecule has 0 unspecified atom stereocenters. The van der Waals surface area contributed by atoms with Crippen molar-refractivity contribution in [1.29, 1.82) is 0 Å². The fraction of sp³-hybridized carbons (Fsp3) is 0.273. The van der Waals surface area contributed by atoms with Crippen LogP contribution in [0.5, 0.6) is 5.75 Å². The Labute approximate surface area is 167 Å². The van der Waals surface area contributed by atoms with Gasteiger partial charge in [-0.3, -0.25) is 4.79 Å². The number of halogens is 1. The number of nitrogens with one attached hydrogen (secondary N) is 1. The van der Waals surface area contributed by atoms with E-state index in [1.54, 1.807) is 12.1 Å². The van der Waals surface area contributed by atoms with Crippen LogP contribution in [-0.4, -0.2) is 12.5 Å². The highest BCUT2D eigenvalue weighted by atomic mass is 35.5. The Kier molecular flexibility index (Phi) is 5.09. The number of fused-ring (bicyclic) bond motifs is 2. The lowest BCUT2D eigenvalue weighted by atomic mass is 9.88. The van der Waals surface area contributed by atoms with Crippen molar-refractivity contribution in [3.63, 3.8) is 0 Å². The SMILES string of the molecule is Cc1cc(=O)oc2cc(OCC(=O)N[C@@H]3CCCc4ccccc43)c(Cl)cc12. The van der Waals surface area contributed by atoms with E-state index in [1.165, 1.54) is 17.2 Å². The van der Waals surface area contributed by atoms with Crippen LogP contribution in [0.1, 0.15) is 35.6 Å². The first-order valence-electron chi connectivity index (χ1n) is 9.25. The van der Waals surface area contributed by atoms with Crippen LogP contribution in [0.25, 0.3) is 11.0 Å². The maximum absolute atomic E-state index is 12.4. The zero-order valence-corrected chi connectivity index (χ0v) is 16.2. The molecular weight excluding hydrogens is 378 g/mol. The third-order valence-electron chi connectivity index (χ3n) is 5.07. The fourth-order valence-electron chi connectivity index (χ4n) is 3.71. The first-order valence-corrected chi connectivity index (χ1v) is 9.63. The van der Waals surface area contributed by atoms with Crippen molar-refractivity contribution in [3.05, 3.63) is 74.6 Å². The van der Waals surface area contributed by atoms with Gasteiger partial charge in [0, 0.05) is 17.5 Å². The number of rotatable bonds is 4. The van der Waals surface area contributed by atoms with Crippen molar-refractivity contribution in [3.8, 4) is 5.75 Å². The van der Waals surface area contributed by atoms with E-state index in [0.29, 0.717) is 16.4 Å². The Morgan fingerprint density at radius 2 is 2.11 bits per heavy atom. The highest BCUT2D eigenvalue weighted by molar-refractivity contribution is 6.32. The third-order valence-corrected chi connectivity index (χ3v) is 5.36. The van der Waals surface area contributed by atoms with Crippen molar-refractivity contribution >= 4 is 28.5 Å². The molecule has 0 saturated heterocycles. The number of ether oxygens (including phenoxy) is 1. The number of amides is 1. The quantitative estimate of drug-likeness (QED) is 0.665. The average molecular weight is 398 g/mol. The van der Waals surface area contributed by atoms with E-state index >= 15 is 0 Å². The van der Waals surface area contributed by atoms with E-state index in [0.717, 1.165) is 30.2 Å². The molecule has 6 heteroatoms. The predicted octanol–water partition coefficient (Wildman–Crippen LogP) is 4.33. The summed E-state index contributed by atoms with van der Waals surface area (Å²) in [4.78, 5) is 24.0. The van der Waals surface area contributed by atoms with Crippen LogP contribution in [0.3, 0.4) is 0 Å². The van der Waals surface area contributed by atoms with E-state index in [2.05, 4.69) is 17.4 Å². The van der Waals surface area contributed by atoms with Gasteiger partial charge in [-0.1, -0.05) is 35.9 Å². The largest absolute Gasteiger partial charge is 0.482 e. The molecule has 1 aliphatic rings. The molecule has 1 aliphatic carbocycles. The standard InChI is InChI=1S/C22H20ClNO4/c1-13-9-22(26)28-19-11-20(17(23)10-16(13)19)27-12-21(25)24-18-8-4-6-14-5-2-3-7-15(14)18/h2-3,5,7,9-11,18H,4,6,8,12H2,1H3,(H,24,25)/t18-/m1/s1. The van der Waals surface area contributed by atoms with Gasteiger partial charge in [0.2, 0.25) is 0 Å². The maximum atomic E-state index is 12.4. The molecule has 0 saturated carbocycles. The van der Waals surface area contributed by atoms with Gasteiger partial charge in [-0.05, 0) is 48.9 Å². The highest BCUT2D eigenvalue weighted by Crippen LogP contribution is 2.32. The zero-order valence-electron chi connectivity index (χ0n) is 15.5. The number of hydrogen-bond acceptors (Lipinski definition) is 4. The molecular formula is C22H20ClNO4. The van der Waals surface area contributed by atoms with E-state index < -0.39 is 5.63 Å². The zero-order chi connectivity index (χ0) is 19.7. The average Bonchev–Trinajstić information content (AvgIpc) is 2.67. The third kappa shape index (κ3) is 3.76. The Morgan fingerprint density at radius 3 is 2.96 bits per heavy atom. The van der Waals surface area contributed by atoms with Gasteiger partial charge >= 0.3 is 5.63 Å². The maximum Gasteiger partial charge on any atom is 0.336 e. The van der Waals surface area contributed by atoms with Crippen molar-refractivity contribution in [1.82, 2.24) is 5.32 Å². The molecule has 1 aromatic heterocycles. The fourth-order valence-corrected chi connectivity index (χ4v) is 3.93. The molecule has 5 nitrogen and oxygen atoms in total. The molecule has 2 aromatic carbocycles. The smallest absolute Gasteiger partial charge is 0.336 e. The Bertz CT molecular complexity index is 1110. The topological polar surface area (TPSA) is 68.5 Å². The van der Waals surface area contributed by atoms with E-state index in [1.807, 2.05) is 19.1 Å². The molecule has 0 fully saturated rings. The lowest BCUT2D eigenvalue weighted by Gasteiger charge is -2.26.